The van der Waals surface area contributed by atoms with Gasteiger partial charge in [0.1, 0.15) is 5.75 Å². The van der Waals surface area contributed by atoms with Crippen LogP contribution in [0.15, 0.2) is 35.0 Å². The summed E-state index contributed by atoms with van der Waals surface area (Å²) in [5.74, 6) is 0.873. The summed E-state index contributed by atoms with van der Waals surface area (Å²) in [5, 5.41) is 4.22. The lowest BCUT2D eigenvalue weighted by Gasteiger charge is -2.16. The number of rotatable bonds is 4. The van der Waals surface area contributed by atoms with Crippen LogP contribution in [-0.2, 0) is 6.42 Å². The first-order chi connectivity index (χ1) is 8.20. The average molecular weight is 247 g/mol. The monoisotopic (exact) mass is 247 g/mol. The zero-order chi connectivity index (χ0) is 12.3. The van der Waals surface area contributed by atoms with E-state index in [1.165, 1.54) is 11.1 Å². The lowest BCUT2D eigenvalue weighted by atomic mass is 9.99. The maximum absolute atomic E-state index is 6.26. The Bertz CT molecular complexity index is 479. The van der Waals surface area contributed by atoms with Gasteiger partial charge in [0.2, 0.25) is 0 Å². The molecule has 0 saturated carbocycles. The minimum atomic E-state index is -0.0144. The van der Waals surface area contributed by atoms with Crippen molar-refractivity contribution in [2.45, 2.75) is 19.4 Å². The van der Waals surface area contributed by atoms with E-state index in [2.05, 4.69) is 29.8 Å². The summed E-state index contributed by atoms with van der Waals surface area (Å²) in [6, 6.07) is 8.24. The van der Waals surface area contributed by atoms with Gasteiger partial charge in [-0.1, -0.05) is 17.7 Å². The van der Waals surface area contributed by atoms with Gasteiger partial charge in [0.25, 0.3) is 0 Å². The number of nitrogens with two attached hydrogens (primary N) is 1. The summed E-state index contributed by atoms with van der Waals surface area (Å²) in [4.78, 5) is 0. The normalized spacial score (nSPS) is 12.4. The number of ether oxygens (including phenoxy) is 1. The number of methoxy groups -OCH3 is 1. The lowest BCUT2D eigenvalue weighted by molar-refractivity contribution is 0.405. The van der Waals surface area contributed by atoms with E-state index in [-0.39, 0.29) is 6.04 Å². The van der Waals surface area contributed by atoms with Crippen LogP contribution in [-0.4, -0.2) is 7.11 Å². The van der Waals surface area contributed by atoms with Crippen molar-refractivity contribution in [2.24, 2.45) is 5.73 Å². The quantitative estimate of drug-likeness (QED) is 0.899. The number of aryl methyl sites for hydroxylation is 1. The Morgan fingerprint density at radius 2 is 2.18 bits per heavy atom. The average Bonchev–Trinajstić information content (AvgIpc) is 2.81. The van der Waals surface area contributed by atoms with Crippen LogP contribution in [0.4, 0.5) is 0 Å². The smallest absolute Gasteiger partial charge is 0.123 e. The fourth-order valence-corrected chi connectivity index (χ4v) is 2.60. The molecular formula is C14H17NOS. The molecule has 1 aromatic carbocycles. The van der Waals surface area contributed by atoms with Crippen LogP contribution in [0.5, 0.6) is 5.75 Å². The third-order valence-electron chi connectivity index (χ3n) is 2.82. The van der Waals surface area contributed by atoms with Crippen LogP contribution in [0.3, 0.4) is 0 Å². The van der Waals surface area contributed by atoms with Crippen molar-refractivity contribution in [3.8, 4) is 5.75 Å². The highest BCUT2D eigenvalue weighted by atomic mass is 32.1. The van der Waals surface area contributed by atoms with Gasteiger partial charge in [0, 0.05) is 11.6 Å². The summed E-state index contributed by atoms with van der Waals surface area (Å²) >= 11 is 1.70. The van der Waals surface area contributed by atoms with Gasteiger partial charge in [-0.25, -0.2) is 0 Å². The second-order valence-corrected chi connectivity index (χ2v) is 4.97. The van der Waals surface area contributed by atoms with Crippen molar-refractivity contribution in [3.05, 3.63) is 51.7 Å². The Morgan fingerprint density at radius 3 is 2.82 bits per heavy atom. The highest BCUT2D eigenvalue weighted by molar-refractivity contribution is 7.07. The van der Waals surface area contributed by atoms with E-state index in [0.29, 0.717) is 0 Å². The number of hydrogen-bond acceptors (Lipinski definition) is 3. The lowest BCUT2D eigenvalue weighted by Crippen LogP contribution is -2.14. The molecule has 0 aliphatic carbocycles. The first-order valence-corrected chi connectivity index (χ1v) is 6.56. The fraction of sp³-hybridized carbons (Fsp3) is 0.286. The molecule has 2 aromatic rings. The van der Waals surface area contributed by atoms with E-state index >= 15 is 0 Å². The molecule has 2 N–H and O–H groups in total. The van der Waals surface area contributed by atoms with E-state index < -0.39 is 0 Å². The van der Waals surface area contributed by atoms with Crippen molar-refractivity contribution >= 4 is 11.3 Å². The molecule has 0 bridgehead atoms. The van der Waals surface area contributed by atoms with Gasteiger partial charge in [0.05, 0.1) is 7.11 Å². The first-order valence-electron chi connectivity index (χ1n) is 5.62. The predicted octanol–water partition coefficient (Wildman–Crippen LogP) is 3.31. The van der Waals surface area contributed by atoms with E-state index in [9.17, 15) is 0 Å². The van der Waals surface area contributed by atoms with Crippen molar-refractivity contribution in [3.63, 3.8) is 0 Å². The molecule has 3 heteroatoms. The standard InChI is InChI=1S/C14H17NOS/c1-10-3-4-14(16-2)12(7-10)13(15)8-11-5-6-17-9-11/h3-7,9,13H,8,15H2,1-2H3. The maximum atomic E-state index is 6.26. The minimum Gasteiger partial charge on any atom is -0.496 e. The highest BCUT2D eigenvalue weighted by Crippen LogP contribution is 2.27. The van der Waals surface area contributed by atoms with Crippen molar-refractivity contribution < 1.29 is 4.74 Å². The Balaban J connectivity index is 2.23. The zero-order valence-electron chi connectivity index (χ0n) is 10.1. The second kappa shape index (κ2) is 5.34. The molecule has 1 unspecified atom stereocenters. The molecule has 0 fully saturated rings. The van der Waals surface area contributed by atoms with E-state index in [1.54, 1.807) is 18.4 Å². The van der Waals surface area contributed by atoms with Crippen molar-refractivity contribution in [1.82, 2.24) is 0 Å². The molecule has 1 atom stereocenters. The number of thiophene rings is 1. The highest BCUT2D eigenvalue weighted by Gasteiger charge is 2.12. The van der Waals surface area contributed by atoms with Gasteiger partial charge in [-0.05, 0) is 41.8 Å². The SMILES string of the molecule is COc1ccc(C)cc1C(N)Cc1ccsc1. The van der Waals surface area contributed by atoms with Gasteiger partial charge >= 0.3 is 0 Å². The summed E-state index contributed by atoms with van der Waals surface area (Å²) in [6.07, 6.45) is 0.851. The number of hydrogen-bond donors (Lipinski definition) is 1. The molecule has 0 amide bonds. The molecular weight excluding hydrogens is 230 g/mol. The van der Waals surface area contributed by atoms with E-state index in [4.69, 9.17) is 10.5 Å². The molecule has 0 aliphatic rings. The molecule has 2 nitrogen and oxygen atoms in total. The summed E-state index contributed by atoms with van der Waals surface area (Å²) in [6.45, 7) is 2.07. The maximum Gasteiger partial charge on any atom is 0.123 e. The van der Waals surface area contributed by atoms with Gasteiger partial charge in [-0.3, -0.25) is 0 Å². The zero-order valence-corrected chi connectivity index (χ0v) is 11.0. The van der Waals surface area contributed by atoms with Crippen LogP contribution >= 0.6 is 11.3 Å². The molecule has 0 radical (unpaired) electrons. The van der Waals surface area contributed by atoms with Crippen LogP contribution in [0.25, 0.3) is 0 Å². The van der Waals surface area contributed by atoms with Gasteiger partial charge in [-0.15, -0.1) is 0 Å². The Kier molecular flexibility index (Phi) is 3.82. The second-order valence-electron chi connectivity index (χ2n) is 4.19. The Morgan fingerprint density at radius 1 is 1.35 bits per heavy atom. The van der Waals surface area contributed by atoms with Gasteiger partial charge < -0.3 is 10.5 Å². The molecule has 0 aliphatic heterocycles. The van der Waals surface area contributed by atoms with E-state index in [0.717, 1.165) is 17.7 Å². The third kappa shape index (κ3) is 2.87. The predicted molar refractivity (Wildman–Crippen MR) is 72.7 cm³/mol. The molecule has 90 valence electrons. The fourth-order valence-electron chi connectivity index (χ4n) is 1.92. The molecule has 2 rings (SSSR count). The summed E-state index contributed by atoms with van der Waals surface area (Å²) in [7, 11) is 1.69. The van der Waals surface area contributed by atoms with Gasteiger partial charge in [-0.2, -0.15) is 11.3 Å². The topological polar surface area (TPSA) is 35.2 Å². The van der Waals surface area contributed by atoms with Crippen LogP contribution in [0.2, 0.25) is 0 Å². The Hall–Kier alpha value is -1.32. The molecule has 1 aromatic heterocycles. The van der Waals surface area contributed by atoms with Crippen LogP contribution < -0.4 is 10.5 Å². The van der Waals surface area contributed by atoms with Crippen molar-refractivity contribution in [2.75, 3.05) is 7.11 Å². The molecule has 0 saturated heterocycles. The molecule has 17 heavy (non-hydrogen) atoms. The van der Waals surface area contributed by atoms with Crippen LogP contribution in [0.1, 0.15) is 22.7 Å². The Labute approximate surface area is 106 Å². The minimum absolute atomic E-state index is 0.0144. The van der Waals surface area contributed by atoms with Crippen LogP contribution in [0, 0.1) is 6.92 Å². The summed E-state index contributed by atoms with van der Waals surface area (Å²) in [5.41, 5.74) is 9.83. The number of benzene rings is 1. The van der Waals surface area contributed by atoms with Gasteiger partial charge in [0.15, 0.2) is 0 Å². The van der Waals surface area contributed by atoms with E-state index in [1.807, 2.05) is 12.1 Å². The first kappa shape index (κ1) is 12.1. The molecule has 0 spiro atoms. The largest absolute Gasteiger partial charge is 0.496 e. The molecule has 1 heterocycles. The van der Waals surface area contributed by atoms with Crippen molar-refractivity contribution in [1.29, 1.82) is 0 Å². The third-order valence-corrected chi connectivity index (χ3v) is 3.55. The summed E-state index contributed by atoms with van der Waals surface area (Å²) < 4.78 is 5.36.